The van der Waals surface area contributed by atoms with Gasteiger partial charge in [-0.3, -0.25) is 0 Å². The van der Waals surface area contributed by atoms with E-state index in [0.717, 1.165) is 19.5 Å². The molecule has 74 valence electrons. The van der Waals surface area contributed by atoms with Gasteiger partial charge in [0.1, 0.15) is 0 Å². The van der Waals surface area contributed by atoms with E-state index in [-0.39, 0.29) is 0 Å². The molecule has 1 saturated heterocycles. The van der Waals surface area contributed by atoms with Crippen LogP contribution >= 0.6 is 0 Å². The van der Waals surface area contributed by atoms with E-state index in [4.69, 9.17) is 9.69 Å². The molecule has 3 nitrogen and oxygen atoms in total. The van der Waals surface area contributed by atoms with E-state index in [2.05, 4.69) is 30.6 Å². The summed E-state index contributed by atoms with van der Waals surface area (Å²) >= 11 is 0. The molecule has 1 unspecified atom stereocenters. The zero-order valence-electron chi connectivity index (χ0n) is 8.92. The van der Waals surface area contributed by atoms with Gasteiger partial charge in [-0.1, -0.05) is 0 Å². The Hall–Kier alpha value is -0.373. The maximum Gasteiger partial charge on any atom is 0.185 e. The van der Waals surface area contributed by atoms with Crippen molar-refractivity contribution in [1.82, 2.24) is 4.90 Å². The van der Waals surface area contributed by atoms with Crippen molar-refractivity contribution < 1.29 is 4.43 Å². The second kappa shape index (κ2) is 3.41. The first-order valence-corrected chi connectivity index (χ1v) is 8.08. The molecule has 13 heavy (non-hydrogen) atoms. The van der Waals surface area contributed by atoms with Crippen LogP contribution in [0.15, 0.2) is 0 Å². The molecule has 0 aromatic rings. The maximum absolute atomic E-state index is 9.12. The minimum absolute atomic E-state index is 0.515. The summed E-state index contributed by atoms with van der Waals surface area (Å²) in [4.78, 5) is 2.16. The van der Waals surface area contributed by atoms with E-state index >= 15 is 0 Å². The quantitative estimate of drug-likeness (QED) is 0.630. The summed E-state index contributed by atoms with van der Waals surface area (Å²) < 4.78 is 5.94. The van der Waals surface area contributed by atoms with Crippen LogP contribution in [0.4, 0.5) is 0 Å². The Balaban J connectivity index is 2.68. The van der Waals surface area contributed by atoms with Crippen LogP contribution in [0.1, 0.15) is 6.42 Å². The van der Waals surface area contributed by atoms with E-state index in [1.807, 2.05) is 7.05 Å². The molecule has 1 heterocycles. The number of rotatable bonds is 2. The topological polar surface area (TPSA) is 36.3 Å². The van der Waals surface area contributed by atoms with Gasteiger partial charge in [-0.15, -0.1) is 0 Å². The minimum Gasteiger partial charge on any atom is -0.399 e. The van der Waals surface area contributed by atoms with Gasteiger partial charge in [-0.05, 0) is 26.7 Å². The second-order valence-electron chi connectivity index (χ2n) is 4.81. The number of nitriles is 1. The summed E-state index contributed by atoms with van der Waals surface area (Å²) in [5.41, 5.74) is -0.515. The first-order valence-electron chi connectivity index (χ1n) is 4.67. The van der Waals surface area contributed by atoms with Crippen molar-refractivity contribution in [3.05, 3.63) is 0 Å². The lowest BCUT2D eigenvalue weighted by molar-refractivity contribution is 0.130. The van der Waals surface area contributed by atoms with Crippen molar-refractivity contribution in [3.63, 3.8) is 0 Å². The molecule has 1 atom stereocenters. The summed E-state index contributed by atoms with van der Waals surface area (Å²) in [6.07, 6.45) is 0.851. The molecule has 0 radical (unpaired) electrons. The number of hydrogen-bond donors (Lipinski definition) is 0. The Morgan fingerprint density at radius 1 is 1.46 bits per heavy atom. The normalized spacial score (nSPS) is 30.4. The molecule has 0 aliphatic carbocycles. The summed E-state index contributed by atoms with van der Waals surface area (Å²) in [5.74, 6) is 0. The molecule has 0 amide bonds. The standard InChI is InChI=1S/C9H18N2OSi/c1-11-6-5-9(7-10,8-11)12-13(2,3)4/h5-6,8H2,1-4H3. The number of hydrogen-bond acceptors (Lipinski definition) is 3. The van der Waals surface area contributed by atoms with Crippen LogP contribution < -0.4 is 0 Å². The fourth-order valence-electron chi connectivity index (χ4n) is 1.75. The number of likely N-dealkylation sites (tertiary alicyclic amines) is 1. The van der Waals surface area contributed by atoms with Crippen LogP contribution in [0.5, 0.6) is 0 Å². The van der Waals surface area contributed by atoms with Crippen molar-refractivity contribution in [1.29, 1.82) is 5.26 Å². The van der Waals surface area contributed by atoms with E-state index in [0.29, 0.717) is 0 Å². The SMILES string of the molecule is CN1CCC(C#N)(O[Si](C)(C)C)C1. The minimum atomic E-state index is -1.59. The molecule has 0 bridgehead atoms. The molecule has 1 aliphatic heterocycles. The largest absolute Gasteiger partial charge is 0.399 e. The Kier molecular flexibility index (Phi) is 2.81. The van der Waals surface area contributed by atoms with E-state index in [9.17, 15) is 0 Å². The van der Waals surface area contributed by atoms with Crippen molar-refractivity contribution in [2.24, 2.45) is 0 Å². The van der Waals surface area contributed by atoms with Gasteiger partial charge in [-0.2, -0.15) is 5.26 Å². The van der Waals surface area contributed by atoms with Crippen molar-refractivity contribution >= 4 is 8.32 Å². The number of likely N-dealkylation sites (N-methyl/N-ethyl adjacent to an activating group) is 1. The molecule has 0 spiro atoms. The third-order valence-electron chi connectivity index (χ3n) is 2.13. The highest BCUT2D eigenvalue weighted by atomic mass is 28.4. The maximum atomic E-state index is 9.12. The average Bonchev–Trinajstić information content (AvgIpc) is 2.29. The first kappa shape index (κ1) is 10.7. The molecule has 1 aliphatic rings. The third-order valence-corrected chi connectivity index (χ3v) is 3.13. The zero-order valence-corrected chi connectivity index (χ0v) is 9.92. The second-order valence-corrected chi connectivity index (χ2v) is 9.24. The third kappa shape index (κ3) is 2.80. The van der Waals surface area contributed by atoms with Gasteiger partial charge in [-0.25, -0.2) is 0 Å². The van der Waals surface area contributed by atoms with Gasteiger partial charge < -0.3 is 9.33 Å². The Labute approximate surface area is 81.4 Å². The van der Waals surface area contributed by atoms with Crippen molar-refractivity contribution in [2.75, 3.05) is 20.1 Å². The lowest BCUT2D eigenvalue weighted by atomic mass is 10.1. The lowest BCUT2D eigenvalue weighted by Crippen LogP contribution is -2.43. The molecular weight excluding hydrogens is 180 g/mol. The lowest BCUT2D eigenvalue weighted by Gasteiger charge is -2.29. The molecule has 0 aromatic heterocycles. The molecule has 0 N–H and O–H groups in total. The smallest absolute Gasteiger partial charge is 0.185 e. The number of nitrogens with zero attached hydrogens (tertiary/aromatic N) is 2. The molecule has 1 fully saturated rings. The predicted molar refractivity (Wildman–Crippen MR) is 54.9 cm³/mol. The first-order chi connectivity index (χ1) is 5.87. The molecule has 4 heteroatoms. The highest BCUT2D eigenvalue weighted by Crippen LogP contribution is 2.27. The summed E-state index contributed by atoms with van der Waals surface area (Å²) in [6.45, 7) is 8.12. The highest BCUT2D eigenvalue weighted by molar-refractivity contribution is 6.69. The van der Waals surface area contributed by atoms with Crippen LogP contribution in [0, 0.1) is 11.3 Å². The molecule has 0 aromatic carbocycles. The van der Waals surface area contributed by atoms with E-state index in [1.165, 1.54) is 0 Å². The van der Waals surface area contributed by atoms with Gasteiger partial charge in [0.25, 0.3) is 0 Å². The zero-order chi connectivity index (χ0) is 10.1. The monoisotopic (exact) mass is 198 g/mol. The molecule has 0 saturated carbocycles. The highest BCUT2D eigenvalue weighted by Gasteiger charge is 2.41. The van der Waals surface area contributed by atoms with Crippen molar-refractivity contribution in [2.45, 2.75) is 31.7 Å². The van der Waals surface area contributed by atoms with Gasteiger partial charge >= 0.3 is 0 Å². The average molecular weight is 198 g/mol. The van der Waals surface area contributed by atoms with Gasteiger partial charge in [0.15, 0.2) is 13.9 Å². The molecular formula is C9H18N2OSi. The van der Waals surface area contributed by atoms with Crippen molar-refractivity contribution in [3.8, 4) is 6.07 Å². The van der Waals surface area contributed by atoms with Crippen LogP contribution in [-0.4, -0.2) is 39.0 Å². The Morgan fingerprint density at radius 2 is 2.08 bits per heavy atom. The Bertz CT molecular complexity index is 231. The predicted octanol–water partition coefficient (Wildman–Crippen LogP) is 1.44. The van der Waals surface area contributed by atoms with Gasteiger partial charge in [0.2, 0.25) is 0 Å². The summed E-state index contributed by atoms with van der Waals surface area (Å²) in [5, 5.41) is 9.12. The van der Waals surface area contributed by atoms with Gasteiger partial charge in [0, 0.05) is 19.5 Å². The Morgan fingerprint density at radius 3 is 2.38 bits per heavy atom. The van der Waals surface area contributed by atoms with Crippen LogP contribution in [0.3, 0.4) is 0 Å². The van der Waals surface area contributed by atoms with E-state index in [1.54, 1.807) is 0 Å². The summed E-state index contributed by atoms with van der Waals surface area (Å²) in [6, 6.07) is 2.34. The van der Waals surface area contributed by atoms with Crippen LogP contribution in [0.25, 0.3) is 0 Å². The molecule has 1 rings (SSSR count). The van der Waals surface area contributed by atoms with Crippen LogP contribution in [0.2, 0.25) is 19.6 Å². The van der Waals surface area contributed by atoms with Crippen LogP contribution in [-0.2, 0) is 4.43 Å². The fourth-order valence-corrected chi connectivity index (χ4v) is 3.13. The fraction of sp³-hybridized carbons (Fsp3) is 0.889. The summed E-state index contributed by atoms with van der Waals surface area (Å²) in [7, 11) is 0.440. The van der Waals surface area contributed by atoms with Gasteiger partial charge in [0.05, 0.1) is 6.07 Å². The van der Waals surface area contributed by atoms with E-state index < -0.39 is 13.9 Å².